The van der Waals surface area contributed by atoms with Crippen molar-refractivity contribution in [3.8, 4) is 0 Å². The Morgan fingerprint density at radius 2 is 1.24 bits per heavy atom. The molecule has 0 aliphatic carbocycles. The molecule has 0 aromatic rings. The quantitative estimate of drug-likeness (QED) is 0.516. The predicted octanol–water partition coefficient (Wildman–Crippen LogP) is -0.739. The van der Waals surface area contributed by atoms with Crippen molar-refractivity contribution in [3.63, 3.8) is 0 Å². The monoisotopic (exact) mass is 289 g/mol. The lowest BCUT2D eigenvalue weighted by atomic mass is 10.5. The maximum absolute atomic E-state index is 10.7. The van der Waals surface area contributed by atoms with E-state index in [1.54, 1.807) is 0 Å². The Morgan fingerprint density at radius 1 is 0.882 bits per heavy atom. The number of hydrogen-bond donors (Lipinski definition) is 0. The van der Waals surface area contributed by atoms with Crippen molar-refractivity contribution in [2.75, 3.05) is 45.4 Å². The summed E-state index contributed by atoms with van der Waals surface area (Å²) in [4.78, 5) is 1.83. The van der Waals surface area contributed by atoms with Crippen molar-refractivity contribution in [1.29, 1.82) is 0 Å². The van der Waals surface area contributed by atoms with E-state index in [0.29, 0.717) is 19.6 Å². The van der Waals surface area contributed by atoms with Crippen LogP contribution in [0.3, 0.4) is 0 Å². The van der Waals surface area contributed by atoms with Gasteiger partial charge in [-0.2, -0.15) is 16.8 Å². The van der Waals surface area contributed by atoms with Gasteiger partial charge in [0.05, 0.1) is 25.7 Å². The van der Waals surface area contributed by atoms with Crippen LogP contribution in [-0.2, 0) is 28.6 Å². The number of rotatable bonds is 9. The topological polar surface area (TPSA) is 90.0 Å². The Labute approximate surface area is 103 Å². The molecule has 0 fully saturated rings. The molecule has 0 radical (unpaired) electrons. The van der Waals surface area contributed by atoms with E-state index in [1.807, 2.05) is 11.8 Å². The SMILES string of the molecule is CCN(CCOS(C)(=O)=O)CCOS(C)(=O)=O. The third kappa shape index (κ3) is 12.0. The fraction of sp³-hybridized carbons (Fsp3) is 1.00. The minimum atomic E-state index is -3.43. The molecule has 0 N–H and O–H groups in total. The first-order valence-electron chi connectivity index (χ1n) is 5.05. The molecular weight excluding hydrogens is 270 g/mol. The molecular formula is C8H19NO6S2. The van der Waals surface area contributed by atoms with Gasteiger partial charge in [-0.1, -0.05) is 6.92 Å². The van der Waals surface area contributed by atoms with Gasteiger partial charge in [0.25, 0.3) is 20.2 Å². The summed E-state index contributed by atoms with van der Waals surface area (Å²) < 4.78 is 52.0. The van der Waals surface area contributed by atoms with Gasteiger partial charge in [0.2, 0.25) is 0 Å². The highest BCUT2D eigenvalue weighted by Crippen LogP contribution is 1.94. The molecule has 0 atom stereocenters. The second kappa shape index (κ2) is 7.27. The van der Waals surface area contributed by atoms with Gasteiger partial charge >= 0.3 is 0 Å². The van der Waals surface area contributed by atoms with E-state index in [2.05, 4.69) is 8.37 Å². The average Bonchev–Trinajstić information content (AvgIpc) is 2.11. The fourth-order valence-corrected chi connectivity index (χ4v) is 1.82. The van der Waals surface area contributed by atoms with E-state index in [0.717, 1.165) is 12.5 Å². The van der Waals surface area contributed by atoms with Crippen molar-refractivity contribution in [2.45, 2.75) is 6.92 Å². The van der Waals surface area contributed by atoms with Crippen LogP contribution in [0.2, 0.25) is 0 Å². The first-order chi connectivity index (χ1) is 7.64. The molecule has 0 amide bonds. The molecule has 0 saturated carbocycles. The highest BCUT2D eigenvalue weighted by molar-refractivity contribution is 7.86. The molecule has 104 valence electrons. The standard InChI is InChI=1S/C8H19NO6S2/c1-4-9(5-7-14-16(2,10)11)6-8-15-17(3,12)13/h4-8H2,1-3H3. The molecule has 17 heavy (non-hydrogen) atoms. The zero-order valence-electron chi connectivity index (χ0n) is 10.2. The smallest absolute Gasteiger partial charge is 0.264 e. The van der Waals surface area contributed by atoms with Crippen LogP contribution in [-0.4, -0.2) is 67.1 Å². The first-order valence-corrected chi connectivity index (χ1v) is 8.68. The van der Waals surface area contributed by atoms with Gasteiger partial charge in [0.15, 0.2) is 0 Å². The molecule has 9 heteroatoms. The number of nitrogens with zero attached hydrogens (tertiary/aromatic N) is 1. The third-order valence-corrected chi connectivity index (χ3v) is 3.05. The van der Waals surface area contributed by atoms with E-state index >= 15 is 0 Å². The largest absolute Gasteiger partial charge is 0.299 e. The molecule has 0 rings (SSSR count). The van der Waals surface area contributed by atoms with E-state index in [1.165, 1.54) is 0 Å². The summed E-state index contributed by atoms with van der Waals surface area (Å²) in [6.45, 7) is 3.42. The van der Waals surface area contributed by atoms with Crippen molar-refractivity contribution in [3.05, 3.63) is 0 Å². The fourth-order valence-electron chi connectivity index (χ4n) is 1.06. The van der Waals surface area contributed by atoms with Crippen LogP contribution in [0.5, 0.6) is 0 Å². The zero-order chi connectivity index (χ0) is 13.5. The number of likely N-dealkylation sites (N-methyl/N-ethyl adjacent to an activating group) is 1. The van der Waals surface area contributed by atoms with Crippen molar-refractivity contribution in [1.82, 2.24) is 4.90 Å². The van der Waals surface area contributed by atoms with Gasteiger partial charge in [-0.25, -0.2) is 0 Å². The van der Waals surface area contributed by atoms with Crippen LogP contribution in [0.15, 0.2) is 0 Å². The molecule has 0 heterocycles. The molecule has 7 nitrogen and oxygen atoms in total. The summed E-state index contributed by atoms with van der Waals surface area (Å²) in [5.74, 6) is 0. The van der Waals surface area contributed by atoms with Gasteiger partial charge in [0.1, 0.15) is 0 Å². The molecule has 0 saturated heterocycles. The van der Waals surface area contributed by atoms with Gasteiger partial charge in [0, 0.05) is 13.1 Å². The zero-order valence-corrected chi connectivity index (χ0v) is 11.9. The second-order valence-electron chi connectivity index (χ2n) is 3.49. The summed E-state index contributed by atoms with van der Waals surface area (Å²) in [5, 5.41) is 0. The summed E-state index contributed by atoms with van der Waals surface area (Å²) >= 11 is 0. The van der Waals surface area contributed by atoms with Gasteiger partial charge in [-0.05, 0) is 6.54 Å². The average molecular weight is 289 g/mol. The van der Waals surface area contributed by atoms with Gasteiger partial charge < -0.3 is 0 Å². The van der Waals surface area contributed by atoms with Crippen LogP contribution in [0, 0.1) is 0 Å². The first kappa shape index (κ1) is 16.8. The van der Waals surface area contributed by atoms with Crippen molar-refractivity contribution < 1.29 is 25.2 Å². The maximum Gasteiger partial charge on any atom is 0.264 e. The Bertz CT molecular complexity index is 364. The maximum atomic E-state index is 10.7. The Morgan fingerprint density at radius 3 is 1.47 bits per heavy atom. The third-order valence-electron chi connectivity index (χ3n) is 1.86. The summed E-state index contributed by atoms with van der Waals surface area (Å²) in [6, 6.07) is 0. The van der Waals surface area contributed by atoms with Crippen LogP contribution in [0.25, 0.3) is 0 Å². The van der Waals surface area contributed by atoms with Crippen LogP contribution < -0.4 is 0 Å². The lowest BCUT2D eigenvalue weighted by molar-refractivity contribution is 0.188. The molecule has 0 spiro atoms. The Balaban J connectivity index is 3.85. The highest BCUT2D eigenvalue weighted by Gasteiger charge is 2.07. The molecule has 0 bridgehead atoms. The van der Waals surface area contributed by atoms with E-state index in [4.69, 9.17) is 0 Å². The van der Waals surface area contributed by atoms with Gasteiger partial charge in [-0.3, -0.25) is 13.3 Å². The Hall–Kier alpha value is -0.220. The number of hydrogen-bond acceptors (Lipinski definition) is 7. The normalized spacial score (nSPS) is 13.2. The van der Waals surface area contributed by atoms with E-state index in [9.17, 15) is 16.8 Å². The van der Waals surface area contributed by atoms with Crippen LogP contribution >= 0.6 is 0 Å². The van der Waals surface area contributed by atoms with Crippen molar-refractivity contribution in [2.24, 2.45) is 0 Å². The minimum absolute atomic E-state index is 0.0472. The summed E-state index contributed by atoms with van der Waals surface area (Å²) in [6.07, 6.45) is 1.96. The predicted molar refractivity (Wildman–Crippen MR) is 63.7 cm³/mol. The molecule has 0 unspecified atom stereocenters. The van der Waals surface area contributed by atoms with Crippen LogP contribution in [0.4, 0.5) is 0 Å². The minimum Gasteiger partial charge on any atom is -0.299 e. The van der Waals surface area contributed by atoms with E-state index < -0.39 is 20.2 Å². The lowest BCUT2D eigenvalue weighted by Crippen LogP contribution is -2.31. The van der Waals surface area contributed by atoms with Gasteiger partial charge in [-0.15, -0.1) is 0 Å². The van der Waals surface area contributed by atoms with E-state index in [-0.39, 0.29) is 13.2 Å². The molecule has 0 aromatic carbocycles. The molecule has 0 aliphatic rings. The molecule has 0 aromatic heterocycles. The summed E-state index contributed by atoms with van der Waals surface area (Å²) in [7, 11) is -6.85. The second-order valence-corrected chi connectivity index (χ2v) is 6.77. The lowest BCUT2D eigenvalue weighted by Gasteiger charge is -2.19. The highest BCUT2D eigenvalue weighted by atomic mass is 32.2. The Kier molecular flexibility index (Phi) is 7.17. The van der Waals surface area contributed by atoms with Crippen LogP contribution in [0.1, 0.15) is 6.92 Å². The van der Waals surface area contributed by atoms with Crippen molar-refractivity contribution >= 4 is 20.2 Å². The summed E-state index contributed by atoms with van der Waals surface area (Å²) in [5.41, 5.74) is 0. The molecule has 0 aliphatic heterocycles.